The minimum absolute atomic E-state index is 0.00611. The average Bonchev–Trinajstić information content (AvgIpc) is 1.90. The fourth-order valence-corrected chi connectivity index (χ4v) is 0.442. The zero-order valence-corrected chi connectivity index (χ0v) is 4.32. The summed E-state index contributed by atoms with van der Waals surface area (Å²) >= 11 is 0. The van der Waals surface area contributed by atoms with E-state index in [4.69, 9.17) is 9.84 Å². The lowest BCUT2D eigenvalue weighted by Crippen LogP contribution is -2.17. The van der Waals surface area contributed by atoms with Crippen LogP contribution in [0.5, 0.6) is 0 Å². The van der Waals surface area contributed by atoms with E-state index in [0.717, 1.165) is 0 Å². The van der Waals surface area contributed by atoms with Crippen LogP contribution in [0.4, 0.5) is 0 Å². The number of aliphatic imine (C=N–C) groups is 1. The number of rotatable bonds is 1. The second kappa shape index (κ2) is 2.47. The molecule has 0 bridgehead atoms. The fourth-order valence-electron chi connectivity index (χ4n) is 0.442. The van der Waals surface area contributed by atoms with Crippen LogP contribution in [0.25, 0.3) is 0 Å². The van der Waals surface area contributed by atoms with E-state index < -0.39 is 0 Å². The lowest BCUT2D eigenvalue weighted by molar-refractivity contribution is 0.125. The van der Waals surface area contributed by atoms with Gasteiger partial charge in [-0.25, -0.2) is 0 Å². The predicted molar refractivity (Wildman–Crippen MR) is 29.6 cm³/mol. The summed E-state index contributed by atoms with van der Waals surface area (Å²) < 4.78 is 4.85. The van der Waals surface area contributed by atoms with Crippen LogP contribution in [0, 0.1) is 0 Å². The summed E-state index contributed by atoms with van der Waals surface area (Å²) in [6, 6.07) is 0. The molecular weight excluding hydrogens is 106 g/mol. The molecule has 44 valence electrons. The van der Waals surface area contributed by atoms with Gasteiger partial charge in [0, 0.05) is 6.21 Å². The van der Waals surface area contributed by atoms with Gasteiger partial charge in [0.15, 0.2) is 6.10 Å². The predicted octanol–water partition coefficient (Wildman–Crippen LogP) is -0.0805. The maximum Gasteiger partial charge on any atom is 0.156 e. The third-order valence-corrected chi connectivity index (χ3v) is 0.833. The van der Waals surface area contributed by atoms with Gasteiger partial charge in [0.1, 0.15) is 6.26 Å². The molecule has 0 aromatic carbocycles. The Hall–Kier alpha value is -0.830. The van der Waals surface area contributed by atoms with E-state index in [2.05, 4.69) is 4.99 Å². The number of aliphatic hydroxyl groups is 1. The van der Waals surface area contributed by atoms with Crippen molar-refractivity contribution in [3.8, 4) is 0 Å². The highest BCUT2D eigenvalue weighted by atomic mass is 16.5. The van der Waals surface area contributed by atoms with Crippen LogP contribution >= 0.6 is 0 Å². The first-order chi connectivity index (χ1) is 3.93. The second-order valence-electron chi connectivity index (χ2n) is 1.44. The lowest BCUT2D eigenvalue weighted by Gasteiger charge is -2.09. The van der Waals surface area contributed by atoms with Crippen LogP contribution in [0.15, 0.2) is 17.5 Å². The summed E-state index contributed by atoms with van der Waals surface area (Å²) in [6.45, 7) is -0.00611. The highest BCUT2D eigenvalue weighted by molar-refractivity contribution is 5.64. The van der Waals surface area contributed by atoms with Crippen LogP contribution in [0.1, 0.15) is 0 Å². The quantitative estimate of drug-likeness (QED) is 0.516. The third-order valence-electron chi connectivity index (χ3n) is 0.833. The first-order valence-corrected chi connectivity index (χ1v) is 2.38. The summed E-state index contributed by atoms with van der Waals surface area (Å²) in [5, 5.41) is 8.44. The van der Waals surface area contributed by atoms with Crippen molar-refractivity contribution in [2.75, 3.05) is 6.61 Å². The molecule has 8 heavy (non-hydrogen) atoms. The molecule has 0 radical (unpaired) electrons. The molecule has 0 aliphatic carbocycles. The van der Waals surface area contributed by atoms with Crippen LogP contribution in [0.2, 0.25) is 0 Å². The summed E-state index contributed by atoms with van der Waals surface area (Å²) in [6.07, 6.45) is 4.31. The van der Waals surface area contributed by atoms with Gasteiger partial charge >= 0.3 is 0 Å². The Morgan fingerprint density at radius 3 is 3.00 bits per heavy atom. The van der Waals surface area contributed by atoms with Crippen molar-refractivity contribution < 1.29 is 9.84 Å². The van der Waals surface area contributed by atoms with Crippen molar-refractivity contribution in [3.63, 3.8) is 0 Å². The smallest absolute Gasteiger partial charge is 0.156 e. The number of ether oxygens (including phenoxy) is 1. The van der Waals surface area contributed by atoms with Gasteiger partial charge in [0.25, 0.3) is 0 Å². The van der Waals surface area contributed by atoms with Gasteiger partial charge in [-0.3, -0.25) is 4.99 Å². The molecule has 3 heteroatoms. The summed E-state index contributed by atoms with van der Waals surface area (Å²) in [4.78, 5) is 3.74. The summed E-state index contributed by atoms with van der Waals surface area (Å²) in [5.41, 5.74) is 0. The van der Waals surface area contributed by atoms with Gasteiger partial charge < -0.3 is 9.84 Å². The third kappa shape index (κ3) is 1.07. The Balaban J connectivity index is 2.40. The average molecular weight is 113 g/mol. The van der Waals surface area contributed by atoms with Crippen molar-refractivity contribution in [1.82, 2.24) is 0 Å². The topological polar surface area (TPSA) is 41.8 Å². The molecule has 0 spiro atoms. The normalized spacial score (nSPS) is 25.4. The van der Waals surface area contributed by atoms with Crippen LogP contribution < -0.4 is 0 Å². The molecule has 0 fully saturated rings. The number of hydrogen-bond acceptors (Lipinski definition) is 3. The zero-order chi connectivity index (χ0) is 5.82. The zero-order valence-electron chi connectivity index (χ0n) is 4.32. The summed E-state index contributed by atoms with van der Waals surface area (Å²) in [7, 11) is 0. The molecule has 0 amide bonds. The highest BCUT2D eigenvalue weighted by Crippen LogP contribution is 1.94. The van der Waals surface area contributed by atoms with Gasteiger partial charge in [-0.1, -0.05) is 0 Å². The monoisotopic (exact) mass is 113 g/mol. The number of aliphatic hydroxyl groups excluding tert-OH is 1. The molecule has 1 heterocycles. The Morgan fingerprint density at radius 2 is 2.62 bits per heavy atom. The molecule has 0 saturated heterocycles. The standard InChI is InChI=1S/C5H7NO2/c7-4-5-3-6-1-2-8-5/h1-3,5,7H,4H2. The Morgan fingerprint density at radius 1 is 1.75 bits per heavy atom. The van der Waals surface area contributed by atoms with E-state index in [1.807, 2.05) is 0 Å². The molecule has 0 aromatic heterocycles. The van der Waals surface area contributed by atoms with E-state index in [-0.39, 0.29) is 12.7 Å². The maximum atomic E-state index is 8.44. The number of nitrogens with zero attached hydrogens (tertiary/aromatic N) is 1. The van der Waals surface area contributed by atoms with Crippen molar-refractivity contribution >= 4 is 6.21 Å². The maximum absolute atomic E-state index is 8.44. The Labute approximate surface area is 47.3 Å². The first kappa shape index (κ1) is 5.31. The fraction of sp³-hybridized carbons (Fsp3) is 0.400. The molecule has 1 aliphatic heterocycles. The second-order valence-corrected chi connectivity index (χ2v) is 1.44. The molecule has 1 unspecified atom stereocenters. The minimum Gasteiger partial charge on any atom is -0.488 e. The van der Waals surface area contributed by atoms with E-state index >= 15 is 0 Å². The molecule has 0 aromatic rings. The summed E-state index contributed by atoms with van der Waals surface area (Å²) in [5.74, 6) is 0. The lowest BCUT2D eigenvalue weighted by atomic mass is 10.4. The van der Waals surface area contributed by atoms with E-state index in [1.165, 1.54) is 12.5 Å². The van der Waals surface area contributed by atoms with Crippen LogP contribution in [-0.2, 0) is 4.74 Å². The number of hydrogen-bond donors (Lipinski definition) is 1. The van der Waals surface area contributed by atoms with Crippen molar-refractivity contribution in [2.24, 2.45) is 4.99 Å². The minimum atomic E-state index is -0.236. The highest BCUT2D eigenvalue weighted by Gasteiger charge is 2.02. The largest absolute Gasteiger partial charge is 0.488 e. The molecule has 3 nitrogen and oxygen atoms in total. The van der Waals surface area contributed by atoms with Gasteiger partial charge in [0.2, 0.25) is 0 Å². The van der Waals surface area contributed by atoms with Gasteiger partial charge in [-0.15, -0.1) is 0 Å². The van der Waals surface area contributed by atoms with Gasteiger partial charge in [-0.05, 0) is 0 Å². The Kier molecular flexibility index (Phi) is 1.64. The first-order valence-electron chi connectivity index (χ1n) is 2.38. The van der Waals surface area contributed by atoms with Crippen molar-refractivity contribution in [2.45, 2.75) is 6.10 Å². The molecule has 1 N–H and O–H groups in total. The van der Waals surface area contributed by atoms with E-state index in [1.54, 1.807) is 6.21 Å². The van der Waals surface area contributed by atoms with Gasteiger partial charge in [-0.2, -0.15) is 0 Å². The Bertz CT molecular complexity index is 120. The molecule has 1 rings (SSSR count). The van der Waals surface area contributed by atoms with Gasteiger partial charge in [0.05, 0.1) is 12.8 Å². The van der Waals surface area contributed by atoms with E-state index in [0.29, 0.717) is 0 Å². The molecule has 1 aliphatic rings. The van der Waals surface area contributed by atoms with Crippen LogP contribution in [-0.4, -0.2) is 24.0 Å². The molecular formula is C5H7NO2. The van der Waals surface area contributed by atoms with Crippen molar-refractivity contribution in [3.05, 3.63) is 12.5 Å². The molecule has 1 atom stereocenters. The van der Waals surface area contributed by atoms with Crippen molar-refractivity contribution in [1.29, 1.82) is 0 Å². The van der Waals surface area contributed by atoms with E-state index in [9.17, 15) is 0 Å². The SMILES string of the molecule is OCC1C=NC=CO1. The molecule has 0 saturated carbocycles. The van der Waals surface area contributed by atoms with Crippen LogP contribution in [0.3, 0.4) is 0 Å².